The predicted molar refractivity (Wildman–Crippen MR) is 136 cm³/mol. The van der Waals surface area contributed by atoms with Crippen molar-refractivity contribution < 1.29 is 28.2 Å². The zero-order valence-corrected chi connectivity index (χ0v) is 20.6. The van der Waals surface area contributed by atoms with Gasteiger partial charge in [-0.2, -0.15) is 13.2 Å². The highest BCUT2D eigenvalue weighted by Crippen LogP contribution is 2.43. The number of thiazole rings is 1. The summed E-state index contributed by atoms with van der Waals surface area (Å²) < 4.78 is 38.6. The van der Waals surface area contributed by atoms with Gasteiger partial charge in [0.05, 0.1) is 21.7 Å². The lowest BCUT2D eigenvalue weighted by Crippen LogP contribution is -2.32. The Morgan fingerprint density at radius 3 is 2.73 bits per heavy atom. The number of pyridine rings is 1. The van der Waals surface area contributed by atoms with Crippen LogP contribution in [0.3, 0.4) is 0 Å². The van der Waals surface area contributed by atoms with Crippen molar-refractivity contribution in [1.82, 2.24) is 9.97 Å². The zero-order chi connectivity index (χ0) is 27.0. The number of anilines is 1. The van der Waals surface area contributed by atoms with Crippen molar-refractivity contribution in [2.24, 2.45) is 4.99 Å². The van der Waals surface area contributed by atoms with Crippen LogP contribution in [0.25, 0.3) is 10.6 Å². The maximum absolute atomic E-state index is 12.9. The highest BCUT2D eigenvalue weighted by atomic mass is 32.1. The highest BCUT2D eigenvalue weighted by Gasteiger charge is 2.39. The molecule has 1 aromatic carbocycles. The average Bonchev–Trinajstić information content (AvgIpc) is 3.34. The van der Waals surface area contributed by atoms with Crippen LogP contribution in [-0.4, -0.2) is 39.0 Å². The van der Waals surface area contributed by atoms with E-state index in [-0.39, 0.29) is 17.2 Å². The smallest absolute Gasteiger partial charge is 0.415 e. The molecule has 0 saturated carbocycles. The number of hydrogen-bond donors (Lipinski definition) is 3. The van der Waals surface area contributed by atoms with E-state index in [1.165, 1.54) is 17.4 Å². The van der Waals surface area contributed by atoms with Crippen LogP contribution in [0.5, 0.6) is 0 Å². The molecule has 11 heteroatoms. The molecule has 3 N–H and O–H groups in total. The van der Waals surface area contributed by atoms with E-state index in [4.69, 9.17) is 0 Å². The van der Waals surface area contributed by atoms with Crippen molar-refractivity contribution in [3.8, 4) is 10.6 Å². The van der Waals surface area contributed by atoms with E-state index < -0.39 is 23.3 Å². The number of carboxylic acids is 1. The van der Waals surface area contributed by atoms with Crippen molar-refractivity contribution >= 4 is 29.8 Å². The molecule has 0 fully saturated rings. The van der Waals surface area contributed by atoms with Crippen LogP contribution < -0.4 is 5.32 Å². The maximum atomic E-state index is 12.9. The summed E-state index contributed by atoms with van der Waals surface area (Å²) in [5.41, 5.74) is 0.378. The monoisotopic (exact) mass is 528 g/mol. The summed E-state index contributed by atoms with van der Waals surface area (Å²) in [6.45, 7) is 8.13. The number of rotatable bonds is 7. The Morgan fingerprint density at radius 1 is 1.30 bits per heavy atom. The Balaban J connectivity index is 1.66. The third-order valence-electron chi connectivity index (χ3n) is 5.97. The molecule has 0 radical (unpaired) electrons. The number of allylic oxidation sites excluding steroid dienone is 2. The molecule has 37 heavy (non-hydrogen) atoms. The molecule has 0 saturated heterocycles. The Labute approximate surface area is 214 Å². The van der Waals surface area contributed by atoms with E-state index >= 15 is 0 Å². The number of aliphatic imine (C=N–C) groups is 1. The van der Waals surface area contributed by atoms with Gasteiger partial charge in [-0.25, -0.2) is 19.8 Å². The molecule has 2 aromatic heterocycles. The molecule has 1 aliphatic carbocycles. The lowest BCUT2D eigenvalue weighted by atomic mass is 9.79. The number of carboxylic acid groups (broad SMARTS) is 1. The fourth-order valence-corrected chi connectivity index (χ4v) is 5.18. The van der Waals surface area contributed by atoms with Gasteiger partial charge in [0.25, 0.3) is 0 Å². The first kappa shape index (κ1) is 26.2. The molecule has 0 unspecified atom stereocenters. The summed E-state index contributed by atoms with van der Waals surface area (Å²) in [7, 11) is 0. The number of fused-ring (bicyclic) bond motifs is 1. The molecular weight excluding hydrogens is 505 g/mol. The second-order valence-corrected chi connectivity index (χ2v) is 9.70. The number of aliphatic hydroxyl groups is 1. The first-order valence-electron chi connectivity index (χ1n) is 11.2. The SMILES string of the molecule is C=N/C(=C\C(=C)C(F)(F)F)Nc1cc(C)cc(-c2cnc([C@@]3(O)CCCc4cc(C(=O)O)ccc43)s2)n1. The molecule has 0 bridgehead atoms. The van der Waals surface area contributed by atoms with Crippen molar-refractivity contribution in [1.29, 1.82) is 0 Å². The molecule has 2 heterocycles. The quantitative estimate of drug-likeness (QED) is 0.262. The standard InChI is InChI=1S/C26H23F3N4O3S/c1-14-9-19(32-22(10-14)33-21(30-3)11-15(2)26(27,28)29)20-13-31-24(37-20)25(36)8-4-5-16-12-17(23(34)35)6-7-18(16)25/h6-7,9-13,36H,2-5,8H2,1H3,(H,32,33)(H,34,35)/b21-11+/t25-/m1/s1. The molecule has 4 rings (SSSR count). The van der Waals surface area contributed by atoms with Gasteiger partial charge in [0, 0.05) is 6.20 Å². The van der Waals surface area contributed by atoms with Crippen LogP contribution in [0.1, 0.15) is 44.9 Å². The molecule has 1 atom stereocenters. The van der Waals surface area contributed by atoms with Gasteiger partial charge in [-0.15, -0.1) is 11.3 Å². The summed E-state index contributed by atoms with van der Waals surface area (Å²) in [4.78, 5) is 24.6. The Hall–Kier alpha value is -3.83. The number of alkyl halides is 3. The zero-order valence-electron chi connectivity index (χ0n) is 19.8. The fraction of sp³-hybridized carbons (Fsp3) is 0.231. The summed E-state index contributed by atoms with van der Waals surface area (Å²) in [6.07, 6.45) is -0.542. The van der Waals surface area contributed by atoms with Gasteiger partial charge in [-0.1, -0.05) is 12.6 Å². The van der Waals surface area contributed by atoms with Crippen molar-refractivity contribution in [3.63, 3.8) is 0 Å². The number of aromatic nitrogens is 2. The van der Waals surface area contributed by atoms with Gasteiger partial charge in [-0.3, -0.25) is 0 Å². The highest BCUT2D eigenvalue weighted by molar-refractivity contribution is 7.15. The normalized spacial score (nSPS) is 17.7. The third kappa shape index (κ3) is 5.47. The third-order valence-corrected chi connectivity index (χ3v) is 7.14. The molecule has 192 valence electrons. The number of nitrogens with zero attached hydrogens (tertiary/aromatic N) is 3. The summed E-state index contributed by atoms with van der Waals surface area (Å²) in [5, 5.41) is 24.1. The Kier molecular flexibility index (Phi) is 7.03. The minimum absolute atomic E-state index is 0.160. The van der Waals surface area contributed by atoms with Crippen LogP contribution in [0, 0.1) is 6.92 Å². The van der Waals surface area contributed by atoms with Gasteiger partial charge in [0.1, 0.15) is 22.2 Å². The van der Waals surface area contributed by atoms with Crippen LogP contribution in [0.15, 0.2) is 65.6 Å². The summed E-state index contributed by atoms with van der Waals surface area (Å²) in [5.74, 6) is -0.942. The van der Waals surface area contributed by atoms with Crippen molar-refractivity contribution in [3.05, 3.63) is 87.8 Å². The number of nitrogens with one attached hydrogen (secondary N) is 1. The largest absolute Gasteiger partial charge is 0.478 e. The maximum Gasteiger partial charge on any atom is 0.415 e. The number of aromatic carboxylic acids is 1. The Morgan fingerprint density at radius 2 is 2.05 bits per heavy atom. The number of halogens is 3. The van der Waals surface area contributed by atoms with E-state index in [2.05, 4.69) is 33.6 Å². The van der Waals surface area contributed by atoms with E-state index in [1.54, 1.807) is 30.5 Å². The first-order valence-corrected chi connectivity index (χ1v) is 12.0. The fourth-order valence-electron chi connectivity index (χ4n) is 4.17. The number of benzene rings is 1. The van der Waals surface area contributed by atoms with Crippen LogP contribution in [-0.2, 0) is 12.0 Å². The summed E-state index contributed by atoms with van der Waals surface area (Å²) >= 11 is 1.24. The molecular formula is C26H23F3N4O3S. The molecule has 0 spiro atoms. The molecule has 3 aromatic rings. The lowest BCUT2D eigenvalue weighted by molar-refractivity contribution is -0.0878. The van der Waals surface area contributed by atoms with Gasteiger partial charge < -0.3 is 15.5 Å². The van der Waals surface area contributed by atoms with Crippen molar-refractivity contribution in [2.45, 2.75) is 38.0 Å². The average molecular weight is 529 g/mol. The minimum Gasteiger partial charge on any atom is -0.478 e. The minimum atomic E-state index is -4.60. The molecule has 1 aliphatic rings. The predicted octanol–water partition coefficient (Wildman–Crippen LogP) is 5.86. The van der Waals surface area contributed by atoms with Gasteiger partial charge in [0.2, 0.25) is 0 Å². The lowest BCUT2D eigenvalue weighted by Gasteiger charge is -2.33. The van der Waals surface area contributed by atoms with Crippen LogP contribution >= 0.6 is 11.3 Å². The second kappa shape index (κ2) is 9.91. The molecule has 0 amide bonds. The number of hydrogen-bond acceptors (Lipinski definition) is 7. The van der Waals surface area contributed by atoms with E-state index in [1.807, 2.05) is 6.92 Å². The van der Waals surface area contributed by atoms with Crippen LogP contribution in [0.4, 0.5) is 19.0 Å². The Bertz CT molecular complexity index is 1430. The van der Waals surface area contributed by atoms with E-state index in [0.29, 0.717) is 40.4 Å². The van der Waals surface area contributed by atoms with E-state index in [9.17, 15) is 28.2 Å². The number of carbonyl (C=O) groups is 1. The molecule has 0 aliphatic heterocycles. The van der Waals surface area contributed by atoms with Gasteiger partial charge in [-0.05, 0) is 79.9 Å². The second-order valence-electron chi connectivity index (χ2n) is 8.67. The topological polar surface area (TPSA) is 108 Å². The van der Waals surface area contributed by atoms with Gasteiger partial charge >= 0.3 is 12.1 Å². The summed E-state index contributed by atoms with van der Waals surface area (Å²) in [6, 6.07) is 8.13. The van der Waals surface area contributed by atoms with Gasteiger partial charge in [0.15, 0.2) is 0 Å². The molecule has 7 nitrogen and oxygen atoms in total. The van der Waals surface area contributed by atoms with Crippen molar-refractivity contribution in [2.75, 3.05) is 5.32 Å². The van der Waals surface area contributed by atoms with Crippen LogP contribution in [0.2, 0.25) is 0 Å². The number of aryl methyl sites for hydroxylation is 2. The van der Waals surface area contributed by atoms with E-state index in [0.717, 1.165) is 17.2 Å². The first-order chi connectivity index (χ1) is 17.4.